The van der Waals surface area contributed by atoms with E-state index in [1.807, 2.05) is 12.1 Å². The lowest BCUT2D eigenvalue weighted by Gasteiger charge is -2.36. The number of hydrogen-bond donors (Lipinski definition) is 1. The molecule has 30 heavy (non-hydrogen) atoms. The molecule has 0 radical (unpaired) electrons. The van der Waals surface area contributed by atoms with E-state index >= 15 is 0 Å². The predicted molar refractivity (Wildman–Crippen MR) is 108 cm³/mol. The molecule has 2 aromatic rings. The van der Waals surface area contributed by atoms with Crippen LogP contribution in [0.25, 0.3) is 0 Å². The number of ketones is 1. The Hall–Kier alpha value is -2.99. The van der Waals surface area contributed by atoms with E-state index in [1.54, 1.807) is 48.5 Å². The van der Waals surface area contributed by atoms with Gasteiger partial charge in [-0.25, -0.2) is 9.59 Å². The lowest BCUT2D eigenvalue weighted by Crippen LogP contribution is -2.51. The summed E-state index contributed by atoms with van der Waals surface area (Å²) >= 11 is 0. The number of carbonyl (C=O) groups excluding carboxylic acids is 3. The first kappa shape index (κ1) is 19.0. The highest BCUT2D eigenvalue weighted by molar-refractivity contribution is 5.91. The summed E-state index contributed by atoms with van der Waals surface area (Å²) in [6, 6.07) is 16.9. The molecule has 3 aliphatic rings. The van der Waals surface area contributed by atoms with Gasteiger partial charge in [-0.2, -0.15) is 0 Å². The minimum Gasteiger partial charge on any atom is -0.453 e. The second-order valence-electron chi connectivity index (χ2n) is 8.44. The van der Waals surface area contributed by atoms with Gasteiger partial charge < -0.3 is 14.8 Å². The van der Waals surface area contributed by atoms with Gasteiger partial charge in [-0.15, -0.1) is 0 Å². The van der Waals surface area contributed by atoms with E-state index in [2.05, 4.69) is 12.2 Å². The smallest absolute Gasteiger partial charge is 0.338 e. The molecule has 5 rings (SSSR count). The first-order valence-electron chi connectivity index (χ1n) is 10.4. The summed E-state index contributed by atoms with van der Waals surface area (Å²) in [5.74, 6) is -0.655. The van der Waals surface area contributed by atoms with Crippen LogP contribution >= 0.6 is 0 Å². The molecule has 0 aromatic heterocycles. The van der Waals surface area contributed by atoms with Crippen molar-refractivity contribution in [2.24, 2.45) is 17.8 Å². The number of hydrogen-bond acceptors (Lipinski definition) is 6. The van der Waals surface area contributed by atoms with E-state index in [0.717, 1.165) is 0 Å². The third-order valence-electron chi connectivity index (χ3n) is 6.69. The summed E-state index contributed by atoms with van der Waals surface area (Å²) in [5, 5.41) is 3.43. The quantitative estimate of drug-likeness (QED) is 0.788. The Bertz CT molecular complexity index is 976. The van der Waals surface area contributed by atoms with Crippen molar-refractivity contribution in [3.05, 3.63) is 71.8 Å². The number of fused-ring (bicyclic) bond motifs is 5. The number of Topliss-reactive ketones (excluding diaryl/α,β-unsaturated/α-hetero) is 1. The second-order valence-corrected chi connectivity index (χ2v) is 8.44. The number of ether oxygens (including phenoxy) is 2. The van der Waals surface area contributed by atoms with Crippen LogP contribution in [-0.2, 0) is 14.3 Å². The Morgan fingerprint density at radius 3 is 1.87 bits per heavy atom. The van der Waals surface area contributed by atoms with Crippen molar-refractivity contribution in [3.8, 4) is 0 Å². The molecule has 0 amide bonds. The normalized spacial score (nSPS) is 33.9. The number of esters is 2. The van der Waals surface area contributed by atoms with Crippen LogP contribution in [0.3, 0.4) is 0 Å². The molecular weight excluding hydrogens is 382 g/mol. The maximum absolute atomic E-state index is 12.8. The molecule has 2 bridgehead atoms. The van der Waals surface area contributed by atoms with E-state index in [9.17, 15) is 14.4 Å². The van der Waals surface area contributed by atoms with Crippen LogP contribution < -0.4 is 5.32 Å². The lowest BCUT2D eigenvalue weighted by molar-refractivity contribution is -0.124. The number of rotatable bonds is 4. The largest absolute Gasteiger partial charge is 0.453 e. The molecular formula is C24H23NO5. The van der Waals surface area contributed by atoms with E-state index in [1.165, 1.54) is 0 Å². The van der Waals surface area contributed by atoms with Crippen LogP contribution in [0, 0.1) is 17.8 Å². The molecule has 1 N–H and O–H groups in total. The van der Waals surface area contributed by atoms with Crippen molar-refractivity contribution in [1.29, 1.82) is 0 Å². The van der Waals surface area contributed by atoms with Crippen LogP contribution in [0.2, 0.25) is 0 Å². The minimum absolute atomic E-state index is 0.0859. The molecule has 7 unspecified atom stereocenters. The fourth-order valence-electron chi connectivity index (χ4n) is 5.45. The van der Waals surface area contributed by atoms with Gasteiger partial charge in [-0.05, 0) is 36.1 Å². The average Bonchev–Trinajstić information content (AvgIpc) is 3.41. The topological polar surface area (TPSA) is 81.7 Å². The summed E-state index contributed by atoms with van der Waals surface area (Å²) in [4.78, 5) is 38.1. The van der Waals surface area contributed by atoms with Crippen LogP contribution in [0.4, 0.5) is 0 Å². The van der Waals surface area contributed by atoms with E-state index < -0.39 is 24.1 Å². The third kappa shape index (κ3) is 3.03. The van der Waals surface area contributed by atoms with Crippen LogP contribution in [0.5, 0.6) is 0 Å². The van der Waals surface area contributed by atoms with Gasteiger partial charge in [0, 0.05) is 12.3 Å². The van der Waals surface area contributed by atoms with Crippen molar-refractivity contribution in [2.75, 3.05) is 0 Å². The Kier molecular flexibility index (Phi) is 4.66. The van der Waals surface area contributed by atoms with Gasteiger partial charge in [0.15, 0.2) is 12.2 Å². The van der Waals surface area contributed by atoms with Crippen molar-refractivity contribution in [2.45, 2.75) is 37.6 Å². The Morgan fingerprint density at radius 2 is 1.33 bits per heavy atom. The zero-order valence-electron chi connectivity index (χ0n) is 16.6. The Labute approximate surface area is 174 Å². The van der Waals surface area contributed by atoms with Gasteiger partial charge in [0.25, 0.3) is 0 Å². The fraction of sp³-hybridized carbons (Fsp3) is 0.375. The maximum atomic E-state index is 12.8. The Morgan fingerprint density at radius 1 is 0.833 bits per heavy atom. The lowest BCUT2D eigenvalue weighted by atomic mass is 9.75. The highest BCUT2D eigenvalue weighted by Gasteiger charge is 2.66. The van der Waals surface area contributed by atoms with Crippen LogP contribution in [0.1, 0.15) is 34.1 Å². The average molecular weight is 405 g/mol. The summed E-state index contributed by atoms with van der Waals surface area (Å²) in [6.07, 6.45) is -0.821. The van der Waals surface area contributed by atoms with Crippen molar-refractivity contribution >= 4 is 17.7 Å². The molecule has 1 saturated carbocycles. The number of nitrogens with one attached hydrogen (secondary N) is 1. The van der Waals surface area contributed by atoms with Gasteiger partial charge in [0.05, 0.1) is 23.2 Å². The SMILES string of the molecule is CC1CC(=O)C2C3NC(C(OC(=O)c4ccccc4)C3OC(=O)c3ccccc3)C12. The molecule has 6 nitrogen and oxygen atoms in total. The summed E-state index contributed by atoms with van der Waals surface area (Å²) in [5.41, 5.74) is 0.872. The van der Waals surface area contributed by atoms with Gasteiger partial charge >= 0.3 is 11.9 Å². The van der Waals surface area contributed by atoms with Crippen LogP contribution in [0.15, 0.2) is 60.7 Å². The molecule has 154 valence electrons. The van der Waals surface area contributed by atoms with Crippen molar-refractivity contribution < 1.29 is 23.9 Å². The molecule has 2 heterocycles. The molecule has 7 atom stereocenters. The molecule has 2 aliphatic heterocycles. The van der Waals surface area contributed by atoms with Gasteiger partial charge in [-0.3, -0.25) is 4.79 Å². The Balaban J connectivity index is 1.43. The minimum atomic E-state index is -0.703. The first-order chi connectivity index (χ1) is 14.5. The molecule has 2 saturated heterocycles. The van der Waals surface area contributed by atoms with Gasteiger partial charge in [0.1, 0.15) is 5.78 Å². The molecule has 0 spiro atoms. The zero-order chi connectivity index (χ0) is 20.8. The zero-order valence-corrected chi connectivity index (χ0v) is 16.6. The summed E-state index contributed by atoms with van der Waals surface area (Å²) in [6.45, 7) is 2.06. The summed E-state index contributed by atoms with van der Waals surface area (Å²) < 4.78 is 11.7. The van der Waals surface area contributed by atoms with E-state index in [-0.39, 0.29) is 35.6 Å². The van der Waals surface area contributed by atoms with Crippen LogP contribution in [-0.4, -0.2) is 42.0 Å². The molecule has 2 aromatic carbocycles. The molecule has 6 heteroatoms. The highest BCUT2D eigenvalue weighted by atomic mass is 16.6. The molecule has 3 fully saturated rings. The van der Waals surface area contributed by atoms with Crippen molar-refractivity contribution in [1.82, 2.24) is 5.32 Å². The first-order valence-corrected chi connectivity index (χ1v) is 10.4. The summed E-state index contributed by atoms with van der Waals surface area (Å²) in [7, 11) is 0. The van der Waals surface area contributed by atoms with Crippen molar-refractivity contribution in [3.63, 3.8) is 0 Å². The van der Waals surface area contributed by atoms with Gasteiger partial charge in [0.2, 0.25) is 0 Å². The number of benzene rings is 2. The maximum Gasteiger partial charge on any atom is 0.338 e. The third-order valence-corrected chi connectivity index (χ3v) is 6.69. The fourth-order valence-corrected chi connectivity index (χ4v) is 5.45. The second kappa shape index (κ2) is 7.36. The highest BCUT2D eigenvalue weighted by Crippen LogP contribution is 2.51. The molecule has 1 aliphatic carbocycles. The number of carbonyl (C=O) groups is 3. The predicted octanol–water partition coefficient (Wildman–Crippen LogP) is 2.63. The standard InChI is InChI=1S/C24H23NO5/c1-13-12-16(26)18-17(13)19-21(29-23(27)14-8-4-2-5-9-14)22(20(18)25-19)30-24(28)15-10-6-3-7-11-15/h2-11,13,17-22,25H,12H2,1H3. The van der Waals surface area contributed by atoms with E-state index in [0.29, 0.717) is 17.5 Å². The van der Waals surface area contributed by atoms with Gasteiger partial charge in [-0.1, -0.05) is 43.3 Å². The monoisotopic (exact) mass is 405 g/mol. The van der Waals surface area contributed by atoms with E-state index in [4.69, 9.17) is 9.47 Å².